The Balaban J connectivity index is 1.20. The highest BCUT2D eigenvalue weighted by atomic mass is 32.7. The Bertz CT molecular complexity index is 2140. The van der Waals surface area contributed by atoms with Crippen molar-refractivity contribution >= 4 is 63.5 Å². The van der Waals surface area contributed by atoms with Gasteiger partial charge in [-0.3, -0.25) is 38.1 Å². The lowest BCUT2D eigenvalue weighted by atomic mass is 10.1. The van der Waals surface area contributed by atoms with Gasteiger partial charge in [-0.05, 0) is 0 Å². The third-order valence-electron chi connectivity index (χ3n) is 7.87. The van der Waals surface area contributed by atoms with Crippen molar-refractivity contribution in [3.05, 3.63) is 35.5 Å². The molecule has 264 valence electrons. The van der Waals surface area contributed by atoms with E-state index in [1.165, 1.54) is 23.4 Å². The number of anilines is 1. The largest absolute Gasteiger partial charge is 0.386 e. The summed E-state index contributed by atoms with van der Waals surface area (Å²) in [5.74, 6) is -1.21. The van der Waals surface area contributed by atoms with Crippen LogP contribution in [-0.4, -0.2) is 103 Å². The minimum Gasteiger partial charge on any atom is -0.347 e. The van der Waals surface area contributed by atoms with Gasteiger partial charge in [-0.1, -0.05) is 26.1 Å². The number of aromatic nitrogens is 8. The average molecular weight is 749 g/mol. The summed E-state index contributed by atoms with van der Waals surface area (Å²) < 4.78 is 104. The topological polar surface area (TPSA) is 246 Å². The summed E-state index contributed by atoms with van der Waals surface area (Å²) in [4.78, 5) is 47.5. The van der Waals surface area contributed by atoms with E-state index in [1.807, 2.05) is 0 Å². The van der Waals surface area contributed by atoms with E-state index < -0.39 is 96.9 Å². The number of H-pyrrole nitrogens is 1. The molecule has 4 aromatic rings. The van der Waals surface area contributed by atoms with Crippen molar-refractivity contribution in [2.45, 2.75) is 63.1 Å². The molecule has 3 N–H and O–H groups in total. The fraction of sp³-hybridized carbons (Fsp3) is 0.542. The van der Waals surface area contributed by atoms with Crippen LogP contribution >= 0.6 is 19.0 Å². The third-order valence-corrected chi connectivity index (χ3v) is 10.5. The lowest BCUT2D eigenvalue weighted by Gasteiger charge is -2.24. The molecule has 0 unspecified atom stereocenters. The van der Waals surface area contributed by atoms with E-state index in [1.54, 1.807) is 13.8 Å². The van der Waals surface area contributed by atoms with Crippen LogP contribution in [0.4, 0.5) is 14.7 Å². The van der Waals surface area contributed by atoms with Crippen molar-refractivity contribution in [2.75, 3.05) is 18.5 Å². The maximum atomic E-state index is 16.0. The zero-order chi connectivity index (χ0) is 34.8. The van der Waals surface area contributed by atoms with E-state index in [9.17, 15) is 22.6 Å². The number of carbonyl (C=O) groups is 1. The number of imidazole rings is 2. The fourth-order valence-corrected chi connectivity index (χ4v) is 7.90. The quantitative estimate of drug-likeness (QED) is 0.166. The number of nitrogens with zero attached hydrogens (tertiary/aromatic N) is 7. The predicted octanol–water partition coefficient (Wildman–Crippen LogP) is 0.698. The predicted molar refractivity (Wildman–Crippen MR) is 164 cm³/mol. The molecule has 0 saturated carbocycles. The van der Waals surface area contributed by atoms with Gasteiger partial charge < -0.3 is 9.47 Å². The van der Waals surface area contributed by atoms with Crippen molar-refractivity contribution in [3.8, 4) is 0 Å². The van der Waals surface area contributed by atoms with Crippen LogP contribution in [0.15, 0.2) is 30.0 Å². The van der Waals surface area contributed by atoms with Crippen molar-refractivity contribution in [2.24, 2.45) is 5.92 Å². The summed E-state index contributed by atoms with van der Waals surface area (Å²) in [6.45, 7) is -2.83. The molecular weight excluding hydrogens is 721 g/mol. The van der Waals surface area contributed by atoms with E-state index in [4.69, 9.17) is 22.7 Å². The van der Waals surface area contributed by atoms with Gasteiger partial charge in [0, 0.05) is 12.5 Å². The van der Waals surface area contributed by atoms with Crippen molar-refractivity contribution in [1.82, 2.24) is 43.8 Å². The highest BCUT2D eigenvalue weighted by molar-refractivity contribution is 8.44. The molecule has 3 aliphatic heterocycles. The number of rotatable bonds is 4. The number of thiol groups is 1. The molecule has 2 bridgehead atoms. The van der Waals surface area contributed by atoms with Crippen LogP contribution in [0.1, 0.15) is 26.3 Å². The van der Waals surface area contributed by atoms with Gasteiger partial charge in [0.1, 0.15) is 30.2 Å². The summed E-state index contributed by atoms with van der Waals surface area (Å²) in [7, 11) is -4.88. The van der Waals surface area contributed by atoms with Crippen LogP contribution in [0, 0.1) is 5.92 Å². The Hall–Kier alpha value is -3.48. The normalized spacial score (nSPS) is 33.6. The first-order valence-corrected chi connectivity index (χ1v) is 18.6. The first-order valence-electron chi connectivity index (χ1n) is 14.5. The second kappa shape index (κ2) is 12.7. The number of alkyl halides is 2. The molecule has 0 aliphatic carbocycles. The van der Waals surface area contributed by atoms with Gasteiger partial charge in [0.05, 0.1) is 25.5 Å². The molecule has 49 heavy (non-hydrogen) atoms. The molecule has 9 atom stereocenters. The number of carbonyl (C=O) groups excluding carboxylic acids is 1. The van der Waals surface area contributed by atoms with Gasteiger partial charge in [-0.2, -0.15) is 18.1 Å². The van der Waals surface area contributed by atoms with Crippen LogP contribution in [0.3, 0.4) is 0 Å². The number of hydrogen-bond acceptors (Lipinski definition) is 15. The van der Waals surface area contributed by atoms with E-state index in [-0.39, 0.29) is 22.8 Å². The van der Waals surface area contributed by atoms with E-state index in [2.05, 4.69) is 52.2 Å². The number of halogens is 2. The van der Waals surface area contributed by atoms with Crippen molar-refractivity contribution in [1.29, 1.82) is 0 Å². The average Bonchev–Trinajstić information content (AvgIpc) is 3.80. The molecule has 7 rings (SSSR count). The molecule has 0 radical (unpaired) electrons. The molecule has 1 amide bonds. The highest BCUT2D eigenvalue weighted by Crippen LogP contribution is 2.57. The fourth-order valence-electron chi connectivity index (χ4n) is 5.48. The number of hydrogen-bond donors (Lipinski definition) is 4. The molecule has 20 nitrogen and oxygen atoms in total. The standard InChI is InChI=1S/C24H27F2N10O10PS2/c1-9(2)20(37)33-24-32-19-15(21(38)34-24)30-8-36(19)23-17-13(25)12(44-23)5-42-47(39,48)45-16-11(4-31-49(40,41)46-17)43-22(14(16)26)35-7-29-10-3-27-6-28-18(10)35/h3,6-9,11-14,16-17,22-23,31H,4-5H2,1-2H3,(H,39,48)(H2,32,33,34,37,38)/t11-,12-,13-,14-,16-,17-,22-,23-,47+/m1/s1. The second-order valence-electron chi connectivity index (χ2n) is 11.5. The molecule has 3 saturated heterocycles. The van der Waals surface area contributed by atoms with Crippen molar-refractivity contribution in [3.63, 3.8) is 0 Å². The molecule has 0 aromatic carbocycles. The van der Waals surface area contributed by atoms with Crippen molar-refractivity contribution < 1.29 is 49.3 Å². The van der Waals surface area contributed by atoms with Gasteiger partial charge in [-0.25, -0.2) is 37.5 Å². The molecule has 7 heterocycles. The van der Waals surface area contributed by atoms with Gasteiger partial charge in [0.15, 0.2) is 47.7 Å². The number of ether oxygens (including phenoxy) is 2. The molecule has 3 aliphatic rings. The van der Waals surface area contributed by atoms with Crippen LogP contribution in [0.25, 0.3) is 22.3 Å². The summed E-state index contributed by atoms with van der Waals surface area (Å²) in [5, 5.41) is 2.44. The molecule has 25 heteroatoms. The SMILES string of the molecule is CC(C)C(=O)Nc1nc2c(ncn2[C@@H]2O[C@@H]3CO[P@](=O)(S)O[C@H]4[C@@H](F)[C@H](n5cnc6cncnc65)O[C@@H]4CNS(=O)(=O)O[C@@H]2[C@@H]3F)c(=O)[nH]1. The Morgan fingerprint density at radius 2 is 1.82 bits per heavy atom. The van der Waals surface area contributed by atoms with Crippen LogP contribution in [-0.2, 0) is 42.4 Å². The van der Waals surface area contributed by atoms with E-state index in [0.717, 1.165) is 10.9 Å². The smallest absolute Gasteiger partial charge is 0.347 e. The number of aromatic amines is 1. The minimum atomic E-state index is -4.88. The molecule has 0 spiro atoms. The Morgan fingerprint density at radius 3 is 2.59 bits per heavy atom. The Kier molecular flexibility index (Phi) is 8.80. The van der Waals surface area contributed by atoms with Crippen LogP contribution in [0.5, 0.6) is 0 Å². The maximum absolute atomic E-state index is 16.0. The van der Waals surface area contributed by atoms with E-state index >= 15 is 8.78 Å². The van der Waals surface area contributed by atoms with Gasteiger partial charge in [0.2, 0.25) is 11.9 Å². The number of amides is 1. The monoisotopic (exact) mass is 748 g/mol. The number of fused-ring (bicyclic) bond motifs is 5. The zero-order valence-corrected chi connectivity index (χ0v) is 27.8. The van der Waals surface area contributed by atoms with E-state index in [0.29, 0.717) is 5.52 Å². The maximum Gasteiger partial charge on any atom is 0.386 e. The molecule has 3 fully saturated rings. The Labute approximate surface area is 279 Å². The second-order valence-corrected chi connectivity index (χ2v) is 15.7. The summed E-state index contributed by atoms with van der Waals surface area (Å²) >= 11 is 3.95. The van der Waals surface area contributed by atoms with Gasteiger partial charge >= 0.3 is 17.1 Å². The molecule has 4 aromatic heterocycles. The first-order chi connectivity index (χ1) is 23.2. The lowest BCUT2D eigenvalue weighted by Crippen LogP contribution is -2.43. The van der Waals surface area contributed by atoms with Gasteiger partial charge in [0.25, 0.3) is 5.56 Å². The zero-order valence-electron chi connectivity index (χ0n) is 25.2. The highest BCUT2D eigenvalue weighted by Gasteiger charge is 2.53. The van der Waals surface area contributed by atoms with Crippen LogP contribution in [0.2, 0.25) is 0 Å². The third kappa shape index (κ3) is 6.47. The lowest BCUT2D eigenvalue weighted by molar-refractivity contribution is -0.118. The minimum absolute atomic E-state index is 0.192. The number of nitrogens with one attached hydrogen (secondary N) is 3. The summed E-state index contributed by atoms with van der Waals surface area (Å²) in [6, 6.07) is 0. The van der Waals surface area contributed by atoms with Crippen LogP contribution < -0.4 is 15.6 Å². The first kappa shape index (κ1) is 34.0. The summed E-state index contributed by atoms with van der Waals surface area (Å²) in [5.41, 5.74) is -0.736. The van der Waals surface area contributed by atoms with Gasteiger partial charge in [-0.15, -0.1) is 0 Å². The molecular formula is C24H27F2N10O10PS2. The Morgan fingerprint density at radius 1 is 1.08 bits per heavy atom. The summed E-state index contributed by atoms with van der Waals surface area (Å²) in [6.07, 6.45) is -9.37.